The highest BCUT2D eigenvalue weighted by Gasteiger charge is 2.23. The summed E-state index contributed by atoms with van der Waals surface area (Å²) in [5.41, 5.74) is 0.569. The van der Waals surface area contributed by atoms with Crippen molar-refractivity contribution in [1.29, 1.82) is 0 Å². The number of ether oxygens (including phenoxy) is 2. The molecule has 0 saturated heterocycles. The summed E-state index contributed by atoms with van der Waals surface area (Å²) < 4.78 is 10.1. The Balaban J connectivity index is 1.65. The van der Waals surface area contributed by atoms with Crippen LogP contribution in [0.4, 0.5) is 4.79 Å². The van der Waals surface area contributed by atoms with Gasteiger partial charge in [-0.3, -0.25) is 14.9 Å². The molecular weight excluding hydrogens is 376 g/mol. The normalized spacial score (nSPS) is 18.4. The van der Waals surface area contributed by atoms with Crippen LogP contribution in [0.1, 0.15) is 56.3 Å². The van der Waals surface area contributed by atoms with Crippen LogP contribution in [0.25, 0.3) is 0 Å². The van der Waals surface area contributed by atoms with E-state index in [2.05, 4.69) is 17.6 Å². The topological polar surface area (TPSA) is 111 Å². The van der Waals surface area contributed by atoms with Gasteiger partial charge in [0.2, 0.25) is 0 Å². The van der Waals surface area contributed by atoms with Crippen molar-refractivity contribution in [2.24, 2.45) is 5.92 Å². The monoisotopic (exact) mass is 404 g/mol. The second-order valence-corrected chi connectivity index (χ2v) is 7.14. The van der Waals surface area contributed by atoms with Crippen LogP contribution < -0.4 is 15.4 Å². The summed E-state index contributed by atoms with van der Waals surface area (Å²) in [7, 11) is 0. The van der Waals surface area contributed by atoms with Crippen molar-refractivity contribution in [3.63, 3.8) is 0 Å². The van der Waals surface area contributed by atoms with E-state index in [-0.39, 0.29) is 18.4 Å². The van der Waals surface area contributed by atoms with Crippen molar-refractivity contribution in [2.45, 2.75) is 52.0 Å². The van der Waals surface area contributed by atoms with Gasteiger partial charge in [-0.1, -0.05) is 26.7 Å². The van der Waals surface area contributed by atoms with E-state index >= 15 is 0 Å². The van der Waals surface area contributed by atoms with Gasteiger partial charge in [0, 0.05) is 18.0 Å². The third-order valence-electron chi connectivity index (χ3n) is 4.90. The summed E-state index contributed by atoms with van der Waals surface area (Å²) in [5, 5.41) is 4.95. The number of hydrogen-bond donors (Lipinski definition) is 2. The lowest BCUT2D eigenvalue weighted by atomic mass is 9.86. The van der Waals surface area contributed by atoms with Gasteiger partial charge in [-0.25, -0.2) is 9.59 Å². The molecule has 0 heterocycles. The maximum absolute atomic E-state index is 11.9. The van der Waals surface area contributed by atoms with E-state index in [0.29, 0.717) is 23.7 Å². The summed E-state index contributed by atoms with van der Waals surface area (Å²) >= 11 is 0. The van der Waals surface area contributed by atoms with Crippen LogP contribution >= 0.6 is 0 Å². The number of nitrogens with one attached hydrogen (secondary N) is 2. The van der Waals surface area contributed by atoms with Crippen LogP contribution in [-0.2, 0) is 14.3 Å². The highest BCUT2D eigenvalue weighted by molar-refractivity contribution is 5.96. The summed E-state index contributed by atoms with van der Waals surface area (Å²) in [4.78, 5) is 46.9. The van der Waals surface area contributed by atoms with Crippen molar-refractivity contribution in [2.75, 3.05) is 13.2 Å². The lowest BCUT2D eigenvalue weighted by molar-refractivity contribution is -0.150. The first-order chi connectivity index (χ1) is 13.9. The van der Waals surface area contributed by atoms with Crippen molar-refractivity contribution in [3.05, 3.63) is 29.8 Å². The van der Waals surface area contributed by atoms with Gasteiger partial charge in [-0.2, -0.15) is 0 Å². The van der Waals surface area contributed by atoms with E-state index in [1.165, 1.54) is 0 Å². The average Bonchev–Trinajstić information content (AvgIpc) is 2.72. The molecule has 1 saturated carbocycles. The smallest absolute Gasteiger partial charge is 0.344 e. The van der Waals surface area contributed by atoms with Crippen molar-refractivity contribution in [3.8, 4) is 5.75 Å². The molecule has 1 fully saturated rings. The number of imide groups is 1. The van der Waals surface area contributed by atoms with Gasteiger partial charge in [-0.05, 0) is 43.0 Å². The fraction of sp³-hybridized carbons (Fsp3) is 0.524. The van der Waals surface area contributed by atoms with E-state index < -0.39 is 24.5 Å². The quantitative estimate of drug-likeness (QED) is 0.509. The molecule has 2 rings (SSSR count). The first-order valence-electron chi connectivity index (χ1n) is 9.91. The predicted octanol–water partition coefficient (Wildman–Crippen LogP) is 2.61. The maximum atomic E-state index is 11.9. The fourth-order valence-electron chi connectivity index (χ4n) is 3.17. The number of carbonyl (C=O) groups excluding carboxylic acids is 4. The summed E-state index contributed by atoms with van der Waals surface area (Å²) in [5.74, 6) is -0.658. The minimum Gasteiger partial charge on any atom is -0.482 e. The van der Waals surface area contributed by atoms with Crippen molar-refractivity contribution < 1.29 is 28.7 Å². The number of esters is 1. The van der Waals surface area contributed by atoms with Gasteiger partial charge in [0.05, 0.1) is 0 Å². The lowest BCUT2D eigenvalue weighted by Crippen LogP contribution is -2.48. The zero-order chi connectivity index (χ0) is 21.2. The van der Waals surface area contributed by atoms with Gasteiger partial charge < -0.3 is 14.8 Å². The minimum absolute atomic E-state index is 0.0175. The third-order valence-corrected chi connectivity index (χ3v) is 4.90. The first kappa shape index (κ1) is 22.4. The molecule has 0 aromatic heterocycles. The number of amides is 3. The third kappa shape index (κ3) is 7.56. The van der Waals surface area contributed by atoms with E-state index in [1.807, 2.05) is 0 Å². The highest BCUT2D eigenvalue weighted by Crippen LogP contribution is 2.23. The first-order valence-corrected chi connectivity index (χ1v) is 9.91. The lowest BCUT2D eigenvalue weighted by Gasteiger charge is -2.29. The SMILES string of the molecule is CCC(=O)c1ccc(OCC(=O)OCC(=O)NC(=O)N[C@@H]2CCCC[C@H]2C)cc1. The van der Waals surface area contributed by atoms with Crippen LogP contribution in [-0.4, -0.2) is 42.9 Å². The van der Waals surface area contributed by atoms with Gasteiger partial charge >= 0.3 is 12.0 Å². The molecule has 0 unspecified atom stereocenters. The van der Waals surface area contributed by atoms with Crippen molar-refractivity contribution >= 4 is 23.7 Å². The van der Waals surface area contributed by atoms with Crippen LogP contribution in [0.2, 0.25) is 0 Å². The van der Waals surface area contributed by atoms with E-state index in [1.54, 1.807) is 31.2 Å². The summed E-state index contributed by atoms with van der Waals surface area (Å²) in [6.45, 7) is 2.89. The van der Waals surface area contributed by atoms with Crippen LogP contribution in [0.15, 0.2) is 24.3 Å². The van der Waals surface area contributed by atoms with Crippen molar-refractivity contribution in [1.82, 2.24) is 10.6 Å². The highest BCUT2D eigenvalue weighted by atomic mass is 16.6. The molecule has 3 amide bonds. The maximum Gasteiger partial charge on any atom is 0.344 e. The second-order valence-electron chi connectivity index (χ2n) is 7.14. The molecule has 0 aliphatic heterocycles. The number of ketones is 1. The predicted molar refractivity (Wildman–Crippen MR) is 106 cm³/mol. The molecule has 1 aliphatic rings. The molecule has 8 nitrogen and oxygen atoms in total. The molecular formula is C21H28N2O6. The largest absolute Gasteiger partial charge is 0.482 e. The van der Waals surface area contributed by atoms with Crippen LogP contribution in [0.5, 0.6) is 5.75 Å². The molecule has 158 valence electrons. The Morgan fingerprint density at radius 2 is 1.72 bits per heavy atom. The molecule has 1 aliphatic carbocycles. The molecule has 0 spiro atoms. The zero-order valence-corrected chi connectivity index (χ0v) is 16.9. The molecule has 2 atom stereocenters. The van der Waals surface area contributed by atoms with E-state index in [4.69, 9.17) is 9.47 Å². The van der Waals surface area contributed by atoms with Gasteiger partial charge in [-0.15, -0.1) is 0 Å². The number of benzene rings is 1. The summed E-state index contributed by atoms with van der Waals surface area (Å²) in [6, 6.07) is 5.87. The molecule has 0 bridgehead atoms. The molecule has 1 aromatic rings. The molecule has 0 radical (unpaired) electrons. The number of carbonyl (C=O) groups is 4. The minimum atomic E-state index is -0.741. The van der Waals surface area contributed by atoms with Crippen LogP contribution in [0, 0.1) is 5.92 Å². The molecule has 29 heavy (non-hydrogen) atoms. The Bertz CT molecular complexity index is 731. The molecule has 1 aromatic carbocycles. The number of rotatable bonds is 8. The number of urea groups is 1. The molecule has 8 heteroatoms. The Morgan fingerprint density at radius 1 is 1.03 bits per heavy atom. The van der Waals surface area contributed by atoms with Gasteiger partial charge in [0.15, 0.2) is 19.0 Å². The zero-order valence-electron chi connectivity index (χ0n) is 16.9. The van der Waals surface area contributed by atoms with E-state index in [0.717, 1.165) is 25.7 Å². The Morgan fingerprint density at radius 3 is 2.38 bits per heavy atom. The summed E-state index contributed by atoms with van der Waals surface area (Å²) in [6.07, 6.45) is 4.56. The fourth-order valence-corrected chi connectivity index (χ4v) is 3.17. The number of Topliss-reactive ketones (excluding diaryl/α,β-unsaturated/α-hetero) is 1. The standard InChI is InChI=1S/C21H28N2O6/c1-3-18(24)15-8-10-16(11-9-15)28-13-20(26)29-12-19(25)23-21(27)22-17-7-5-4-6-14(17)2/h8-11,14,17H,3-7,12-13H2,1-2H3,(H2,22,23,25,27)/t14-,17-/m1/s1. The molecule has 2 N–H and O–H groups in total. The van der Waals surface area contributed by atoms with Crippen LogP contribution in [0.3, 0.4) is 0 Å². The average molecular weight is 404 g/mol. The second kappa shape index (κ2) is 11.2. The number of hydrogen-bond acceptors (Lipinski definition) is 6. The Kier molecular flexibility index (Phi) is 8.64. The van der Waals surface area contributed by atoms with Gasteiger partial charge in [0.25, 0.3) is 5.91 Å². The van der Waals surface area contributed by atoms with Gasteiger partial charge in [0.1, 0.15) is 5.75 Å². The Labute approximate surface area is 170 Å². The van der Waals surface area contributed by atoms with E-state index in [9.17, 15) is 19.2 Å². The Hall–Kier alpha value is -2.90.